The molecule has 7 rings (SSSR count). The van der Waals surface area contributed by atoms with Crippen molar-refractivity contribution in [3.63, 3.8) is 0 Å². The Balaban J connectivity index is 1.35. The second-order valence-electron chi connectivity index (χ2n) is 16.8. The molecule has 316 valence electrons. The highest BCUT2D eigenvalue weighted by molar-refractivity contribution is 7.10. The molecule has 3 aromatic heterocycles. The molecule has 2 aliphatic heterocycles. The standard InChI is InChI=1S/C44H58N8O6S/c1-10-27(36(45)25(5)56-9)38-29-19-44(6,7)22-58-43(55)30-14-13-17-52(49-30)42(54)37(48-40(53)35-24(4)34(35)31-20-50(8)23-46-31)39(57-12-3)41-47-32(21-59-41)26-15-16-33(28(29)18-26)51(38)11-2/h10,15-16,18,20-21,23-25,30,34-35,37,39,49H,1,11-14,17,19,22,45H2,2-9H3,(H,48,53)/b36-27+/t24-,25+,30+,34-,35+,37+,39+/m1/s1. The number of hydrogen-bond acceptors (Lipinski definition) is 11. The van der Waals surface area contributed by atoms with Gasteiger partial charge in [-0.05, 0) is 63.6 Å². The van der Waals surface area contributed by atoms with E-state index in [4.69, 9.17) is 24.9 Å². The van der Waals surface area contributed by atoms with Crippen molar-refractivity contribution >= 4 is 45.6 Å². The number of amides is 2. The third-order valence-corrected chi connectivity index (χ3v) is 13.0. The van der Waals surface area contributed by atoms with E-state index >= 15 is 0 Å². The Morgan fingerprint density at radius 3 is 2.73 bits per heavy atom. The molecule has 1 aliphatic carbocycles. The Bertz CT molecular complexity index is 2270. The summed E-state index contributed by atoms with van der Waals surface area (Å²) in [6.07, 6.45) is 5.78. The smallest absolute Gasteiger partial charge is 0.324 e. The Morgan fingerprint density at radius 1 is 1.27 bits per heavy atom. The van der Waals surface area contributed by atoms with Gasteiger partial charge in [-0.25, -0.2) is 15.4 Å². The van der Waals surface area contributed by atoms with Crippen molar-refractivity contribution in [3.05, 3.63) is 76.4 Å². The summed E-state index contributed by atoms with van der Waals surface area (Å²) in [5, 5.41) is 8.08. The number of aryl methyl sites for hydroxylation is 2. The molecule has 0 radical (unpaired) electrons. The van der Waals surface area contributed by atoms with Crippen LogP contribution in [0.1, 0.15) is 88.4 Å². The van der Waals surface area contributed by atoms with Crippen LogP contribution in [0.15, 0.2) is 54.5 Å². The van der Waals surface area contributed by atoms with Gasteiger partial charge in [0.05, 0.1) is 36.1 Å². The number of rotatable bonds is 10. The van der Waals surface area contributed by atoms with Crippen molar-refractivity contribution in [2.45, 2.75) is 97.6 Å². The number of carbonyl (C=O) groups excluding carboxylic acids is 3. The van der Waals surface area contributed by atoms with E-state index in [2.05, 4.69) is 65.8 Å². The molecule has 3 aliphatic rings. The first-order valence-corrected chi connectivity index (χ1v) is 21.5. The summed E-state index contributed by atoms with van der Waals surface area (Å²) >= 11 is 1.38. The zero-order valence-corrected chi connectivity index (χ0v) is 36.2. The Hall–Kier alpha value is -4.83. The summed E-state index contributed by atoms with van der Waals surface area (Å²) in [4.78, 5) is 52.4. The molecule has 4 N–H and O–H groups in total. The molecular formula is C44H58N8O6S. The number of nitrogens with one attached hydrogen (secondary N) is 2. The lowest BCUT2D eigenvalue weighted by atomic mass is 9.84. The Labute approximate surface area is 350 Å². The largest absolute Gasteiger partial charge is 0.464 e. The minimum Gasteiger partial charge on any atom is -0.464 e. The molecule has 15 heteroatoms. The number of nitrogens with two attached hydrogens (primary N) is 1. The molecule has 14 nitrogen and oxygen atoms in total. The number of methoxy groups -OCH3 is 1. The summed E-state index contributed by atoms with van der Waals surface area (Å²) in [7, 11) is 3.53. The number of carbonyl (C=O) groups is 3. The maximum Gasteiger partial charge on any atom is 0.324 e. The van der Waals surface area contributed by atoms with Gasteiger partial charge in [-0.1, -0.05) is 39.5 Å². The molecule has 7 atom stereocenters. The number of hydrogen-bond donors (Lipinski definition) is 3. The van der Waals surface area contributed by atoms with E-state index in [1.807, 2.05) is 44.0 Å². The van der Waals surface area contributed by atoms with Crippen LogP contribution in [-0.4, -0.2) is 87.0 Å². The molecule has 0 unspecified atom stereocenters. The van der Waals surface area contributed by atoms with E-state index in [0.29, 0.717) is 43.1 Å². The number of nitrogens with zero attached hydrogens (tertiary/aromatic N) is 5. The number of allylic oxidation sites excluding steroid dienone is 2. The number of fused-ring (bicyclic) bond motifs is 6. The lowest BCUT2D eigenvalue weighted by Gasteiger charge is -2.37. The van der Waals surface area contributed by atoms with Crippen molar-refractivity contribution in [1.29, 1.82) is 0 Å². The fourth-order valence-electron chi connectivity index (χ4n) is 8.76. The fourth-order valence-corrected chi connectivity index (χ4v) is 9.67. The Morgan fingerprint density at radius 2 is 2.05 bits per heavy atom. The maximum atomic E-state index is 14.7. The third-order valence-electron chi connectivity index (χ3n) is 12.1. The number of imidazole rings is 1. The van der Waals surface area contributed by atoms with Gasteiger partial charge in [0, 0.05) is 90.4 Å². The first kappa shape index (κ1) is 42.3. The summed E-state index contributed by atoms with van der Waals surface area (Å²) in [6.45, 7) is 17.6. The lowest BCUT2D eigenvalue weighted by molar-refractivity contribution is -0.156. The van der Waals surface area contributed by atoms with Crippen LogP contribution in [-0.2, 0) is 48.6 Å². The quantitative estimate of drug-likeness (QED) is 0.135. The average Bonchev–Trinajstić information content (AvgIpc) is 3.56. The zero-order chi connectivity index (χ0) is 42.3. The third kappa shape index (κ3) is 8.22. The van der Waals surface area contributed by atoms with Gasteiger partial charge in [-0.15, -0.1) is 11.3 Å². The highest BCUT2D eigenvalue weighted by Gasteiger charge is 2.55. The molecule has 5 heterocycles. The minimum atomic E-state index is -1.14. The highest BCUT2D eigenvalue weighted by Crippen LogP contribution is 2.53. The van der Waals surface area contributed by atoms with E-state index in [9.17, 15) is 14.4 Å². The van der Waals surface area contributed by atoms with Crippen LogP contribution in [0.5, 0.6) is 0 Å². The van der Waals surface area contributed by atoms with Crippen LogP contribution in [0.3, 0.4) is 0 Å². The fraction of sp³-hybridized carbons (Fsp3) is 0.523. The second-order valence-corrected chi connectivity index (χ2v) is 17.7. The first-order chi connectivity index (χ1) is 28.2. The topological polar surface area (TPSA) is 168 Å². The van der Waals surface area contributed by atoms with E-state index < -0.39 is 35.5 Å². The molecule has 59 heavy (non-hydrogen) atoms. The van der Waals surface area contributed by atoms with Crippen LogP contribution >= 0.6 is 11.3 Å². The summed E-state index contributed by atoms with van der Waals surface area (Å²) in [6, 6.07) is 4.39. The van der Waals surface area contributed by atoms with E-state index in [1.165, 1.54) is 16.3 Å². The molecule has 0 spiro atoms. The number of hydrazine groups is 1. The van der Waals surface area contributed by atoms with Crippen LogP contribution in [0, 0.1) is 17.3 Å². The maximum absolute atomic E-state index is 14.7. The predicted molar refractivity (Wildman–Crippen MR) is 228 cm³/mol. The zero-order valence-electron chi connectivity index (χ0n) is 35.4. The summed E-state index contributed by atoms with van der Waals surface area (Å²) < 4.78 is 22.2. The lowest BCUT2D eigenvalue weighted by Crippen LogP contribution is -2.61. The molecule has 2 amide bonds. The molecule has 1 saturated carbocycles. The summed E-state index contributed by atoms with van der Waals surface area (Å²) in [5.74, 6) is -1.52. The van der Waals surface area contributed by atoms with Gasteiger partial charge in [0.25, 0.3) is 5.91 Å². The molecule has 2 fully saturated rings. The van der Waals surface area contributed by atoms with Gasteiger partial charge in [0.15, 0.2) is 0 Å². The second kappa shape index (κ2) is 17.0. The van der Waals surface area contributed by atoms with Gasteiger partial charge in [0.1, 0.15) is 23.2 Å². The van der Waals surface area contributed by atoms with Crippen LogP contribution < -0.4 is 16.5 Å². The van der Waals surface area contributed by atoms with Crippen molar-refractivity contribution in [2.75, 3.05) is 26.9 Å². The van der Waals surface area contributed by atoms with Crippen molar-refractivity contribution in [2.24, 2.45) is 30.0 Å². The molecule has 6 bridgehead atoms. The number of ether oxygens (including phenoxy) is 3. The first-order valence-electron chi connectivity index (χ1n) is 20.6. The molecule has 1 saturated heterocycles. The molecule has 1 aromatic carbocycles. The minimum absolute atomic E-state index is 0.0356. The van der Waals surface area contributed by atoms with Crippen molar-refractivity contribution < 1.29 is 28.6 Å². The molecular weight excluding hydrogens is 769 g/mol. The van der Waals surface area contributed by atoms with Gasteiger partial charge in [-0.3, -0.25) is 19.4 Å². The average molecular weight is 827 g/mol. The van der Waals surface area contributed by atoms with Crippen LogP contribution in [0.4, 0.5) is 0 Å². The van der Waals surface area contributed by atoms with Gasteiger partial charge in [-0.2, -0.15) is 0 Å². The summed E-state index contributed by atoms with van der Waals surface area (Å²) in [5.41, 5.74) is 16.2. The van der Waals surface area contributed by atoms with Crippen LogP contribution in [0.2, 0.25) is 0 Å². The normalized spacial score (nSPS) is 25.5. The number of esters is 1. The SMILES string of the molecule is C=C/C(=C(\N)[C@H](C)OC)c1c2c3cc(ccc3n1CC)-c1csc(n1)[C@@H](OCC)[C@H](NC(=O)[C@H]1[C@H](C)[C@@H]1c1cn(C)cn1)C(=O)N1CCC[C@H](N1)C(=O)OCC(C)(C)C2. The van der Waals surface area contributed by atoms with Crippen molar-refractivity contribution in [3.8, 4) is 11.3 Å². The monoisotopic (exact) mass is 826 g/mol. The Kier molecular flexibility index (Phi) is 12.2. The van der Waals surface area contributed by atoms with Gasteiger partial charge >= 0.3 is 5.97 Å². The number of thiazole rings is 1. The number of cyclic esters (lactones) is 1. The van der Waals surface area contributed by atoms with E-state index in [0.717, 1.165) is 44.7 Å². The highest BCUT2D eigenvalue weighted by atomic mass is 32.1. The number of benzene rings is 1. The van der Waals surface area contributed by atoms with Gasteiger partial charge in [0.2, 0.25) is 5.91 Å². The van der Waals surface area contributed by atoms with Crippen molar-refractivity contribution in [1.82, 2.24) is 34.9 Å². The van der Waals surface area contributed by atoms with Crippen LogP contribution in [0.25, 0.3) is 27.7 Å². The number of aromatic nitrogens is 4. The van der Waals surface area contributed by atoms with Gasteiger partial charge < -0.3 is 34.4 Å². The predicted octanol–water partition coefficient (Wildman–Crippen LogP) is 5.64. The van der Waals surface area contributed by atoms with E-state index in [1.54, 1.807) is 19.5 Å². The molecule has 4 aromatic rings. The van der Waals surface area contributed by atoms with E-state index in [-0.39, 0.29) is 43.0 Å².